The monoisotopic (exact) mass is 270 g/mol. The first-order valence-corrected chi connectivity index (χ1v) is 7.48. The van der Waals surface area contributed by atoms with Gasteiger partial charge < -0.3 is 0 Å². The third kappa shape index (κ3) is 1.16. The Bertz CT molecular complexity index is 973. The van der Waals surface area contributed by atoms with E-state index in [1.165, 1.54) is 43.6 Å². The number of H-pyrrole nitrogens is 1. The molecular formula is C20H16N+. The van der Waals surface area contributed by atoms with Crippen LogP contribution >= 0.6 is 0 Å². The van der Waals surface area contributed by atoms with Crippen molar-refractivity contribution in [3.63, 3.8) is 0 Å². The fourth-order valence-corrected chi connectivity index (χ4v) is 4.14. The molecule has 1 heteroatoms. The van der Waals surface area contributed by atoms with Crippen molar-refractivity contribution in [1.82, 2.24) is 0 Å². The molecule has 1 aromatic heterocycles. The van der Waals surface area contributed by atoms with Crippen LogP contribution in [0.5, 0.6) is 0 Å². The predicted octanol–water partition coefficient (Wildman–Crippen LogP) is 4.60. The maximum atomic E-state index is 3.50. The highest BCUT2D eigenvalue weighted by Crippen LogP contribution is 2.49. The van der Waals surface area contributed by atoms with Crippen molar-refractivity contribution < 1.29 is 4.98 Å². The summed E-state index contributed by atoms with van der Waals surface area (Å²) in [5.41, 5.74) is 4.24. The number of fused-ring (bicyclic) bond motifs is 3. The van der Waals surface area contributed by atoms with Gasteiger partial charge in [-0.05, 0) is 28.0 Å². The molecule has 3 aromatic carbocycles. The SMILES string of the molecule is CC1(C)c2cccc3c4ccccc4c4[nH+]ccc1c4c23. The normalized spacial score (nSPS) is 15.5. The molecule has 0 saturated carbocycles. The van der Waals surface area contributed by atoms with Crippen molar-refractivity contribution in [2.75, 3.05) is 0 Å². The summed E-state index contributed by atoms with van der Waals surface area (Å²) < 4.78 is 0. The topological polar surface area (TPSA) is 14.1 Å². The van der Waals surface area contributed by atoms with Gasteiger partial charge in [0, 0.05) is 16.9 Å². The van der Waals surface area contributed by atoms with Crippen LogP contribution in [0.15, 0.2) is 54.7 Å². The maximum Gasteiger partial charge on any atom is 0.219 e. The highest BCUT2D eigenvalue weighted by Gasteiger charge is 2.36. The zero-order chi connectivity index (χ0) is 14.2. The third-order valence-electron chi connectivity index (χ3n) is 5.14. The molecule has 1 nitrogen and oxygen atoms in total. The number of hydrogen-bond donors (Lipinski definition) is 0. The zero-order valence-electron chi connectivity index (χ0n) is 12.2. The molecular weight excluding hydrogens is 254 g/mol. The molecule has 5 rings (SSSR count). The Morgan fingerprint density at radius 1 is 0.714 bits per heavy atom. The summed E-state index contributed by atoms with van der Waals surface area (Å²) in [5.74, 6) is 0. The van der Waals surface area contributed by atoms with Gasteiger partial charge in [0.05, 0.1) is 10.8 Å². The van der Waals surface area contributed by atoms with E-state index in [4.69, 9.17) is 0 Å². The van der Waals surface area contributed by atoms with Crippen molar-refractivity contribution in [3.05, 3.63) is 65.9 Å². The standard InChI is InChI=1S/C20H15N/c1-20(2)15-9-5-8-13-12-6-3-4-7-14(12)19-18(17(13)15)16(20)10-11-21-19/h3-11H,1-2H3/p+1. The van der Waals surface area contributed by atoms with Gasteiger partial charge in [0.25, 0.3) is 0 Å². The summed E-state index contributed by atoms with van der Waals surface area (Å²) in [6, 6.07) is 17.7. The molecule has 0 aliphatic heterocycles. The molecule has 0 amide bonds. The number of benzene rings is 3. The number of rotatable bonds is 0. The zero-order valence-corrected chi connectivity index (χ0v) is 12.2. The third-order valence-corrected chi connectivity index (χ3v) is 5.14. The van der Waals surface area contributed by atoms with E-state index in [2.05, 4.69) is 73.6 Å². The van der Waals surface area contributed by atoms with Crippen LogP contribution in [0, 0.1) is 0 Å². The van der Waals surface area contributed by atoms with Gasteiger partial charge in [0.2, 0.25) is 5.52 Å². The van der Waals surface area contributed by atoms with E-state index in [9.17, 15) is 0 Å². The van der Waals surface area contributed by atoms with E-state index in [0.717, 1.165) is 0 Å². The molecule has 0 unspecified atom stereocenters. The van der Waals surface area contributed by atoms with Gasteiger partial charge in [-0.15, -0.1) is 0 Å². The largest absolute Gasteiger partial charge is 0.219 e. The van der Waals surface area contributed by atoms with Crippen molar-refractivity contribution >= 4 is 32.4 Å². The van der Waals surface area contributed by atoms with Gasteiger partial charge in [0.15, 0.2) is 6.20 Å². The van der Waals surface area contributed by atoms with Crippen molar-refractivity contribution in [2.24, 2.45) is 0 Å². The summed E-state index contributed by atoms with van der Waals surface area (Å²) in [4.78, 5) is 3.50. The van der Waals surface area contributed by atoms with Gasteiger partial charge in [-0.3, -0.25) is 0 Å². The Labute approximate surface area is 123 Å². The Kier molecular flexibility index (Phi) is 1.84. The fraction of sp³-hybridized carbons (Fsp3) is 0.150. The highest BCUT2D eigenvalue weighted by molar-refractivity contribution is 6.26. The summed E-state index contributed by atoms with van der Waals surface area (Å²) in [7, 11) is 0. The van der Waals surface area contributed by atoms with Gasteiger partial charge in [-0.2, -0.15) is 0 Å². The van der Waals surface area contributed by atoms with Crippen LogP contribution in [0.2, 0.25) is 0 Å². The summed E-state index contributed by atoms with van der Waals surface area (Å²) in [6.45, 7) is 4.67. The molecule has 1 heterocycles. The fourth-order valence-electron chi connectivity index (χ4n) is 4.14. The van der Waals surface area contributed by atoms with E-state index in [-0.39, 0.29) is 5.41 Å². The molecule has 1 N–H and O–H groups in total. The molecule has 100 valence electrons. The number of pyridine rings is 1. The molecule has 1 aliphatic rings. The Hall–Kier alpha value is -2.41. The van der Waals surface area contributed by atoms with Gasteiger partial charge in [-0.1, -0.05) is 50.2 Å². The van der Waals surface area contributed by atoms with E-state index in [1.807, 2.05) is 0 Å². The molecule has 1 aliphatic carbocycles. The summed E-state index contributed by atoms with van der Waals surface area (Å²) in [5, 5.41) is 6.88. The summed E-state index contributed by atoms with van der Waals surface area (Å²) >= 11 is 0. The molecule has 4 aromatic rings. The van der Waals surface area contributed by atoms with Crippen LogP contribution in [0.3, 0.4) is 0 Å². The average Bonchev–Trinajstić information content (AvgIpc) is 2.76. The van der Waals surface area contributed by atoms with Crippen LogP contribution < -0.4 is 4.98 Å². The second-order valence-electron chi connectivity index (χ2n) is 6.54. The number of aromatic amines is 1. The van der Waals surface area contributed by atoms with Crippen LogP contribution in [0.4, 0.5) is 0 Å². The van der Waals surface area contributed by atoms with Crippen LogP contribution in [0.25, 0.3) is 32.4 Å². The van der Waals surface area contributed by atoms with E-state index < -0.39 is 0 Å². The minimum absolute atomic E-state index is 0.0760. The molecule has 0 fully saturated rings. The molecule has 0 saturated heterocycles. The highest BCUT2D eigenvalue weighted by atomic mass is 14.7. The van der Waals surface area contributed by atoms with E-state index in [1.54, 1.807) is 0 Å². The number of nitrogens with one attached hydrogen (secondary N) is 1. The van der Waals surface area contributed by atoms with Crippen molar-refractivity contribution in [1.29, 1.82) is 0 Å². The van der Waals surface area contributed by atoms with E-state index in [0.29, 0.717) is 0 Å². The lowest BCUT2D eigenvalue weighted by atomic mass is 9.82. The average molecular weight is 270 g/mol. The Balaban J connectivity index is 2.26. The van der Waals surface area contributed by atoms with Gasteiger partial charge >= 0.3 is 0 Å². The lowest BCUT2D eigenvalue weighted by molar-refractivity contribution is -0.343. The maximum absolute atomic E-state index is 3.50. The van der Waals surface area contributed by atoms with E-state index >= 15 is 0 Å². The first-order valence-electron chi connectivity index (χ1n) is 7.48. The number of hydrogen-bond acceptors (Lipinski definition) is 0. The number of aromatic nitrogens is 1. The second kappa shape index (κ2) is 3.43. The first kappa shape index (κ1) is 11.3. The smallest absolute Gasteiger partial charge is 0.211 e. The lowest BCUT2D eigenvalue weighted by Gasteiger charge is -2.20. The van der Waals surface area contributed by atoms with Crippen LogP contribution in [-0.2, 0) is 5.41 Å². The first-order chi connectivity index (χ1) is 10.2. The lowest BCUT2D eigenvalue weighted by Crippen LogP contribution is -2.16. The molecule has 0 spiro atoms. The van der Waals surface area contributed by atoms with Crippen molar-refractivity contribution in [2.45, 2.75) is 19.3 Å². The van der Waals surface area contributed by atoms with Crippen molar-refractivity contribution in [3.8, 4) is 0 Å². The minimum Gasteiger partial charge on any atom is -0.211 e. The molecule has 0 radical (unpaired) electrons. The second-order valence-corrected chi connectivity index (χ2v) is 6.54. The summed E-state index contributed by atoms with van der Waals surface area (Å²) in [6.07, 6.45) is 2.09. The Morgan fingerprint density at radius 2 is 1.43 bits per heavy atom. The van der Waals surface area contributed by atoms with Gasteiger partial charge in [-0.25, -0.2) is 4.98 Å². The minimum atomic E-state index is 0.0760. The van der Waals surface area contributed by atoms with Gasteiger partial charge in [0.1, 0.15) is 0 Å². The quantitative estimate of drug-likeness (QED) is 0.415. The predicted molar refractivity (Wildman–Crippen MR) is 87.6 cm³/mol. The van der Waals surface area contributed by atoms with Crippen LogP contribution in [0.1, 0.15) is 25.0 Å². The van der Waals surface area contributed by atoms with Crippen LogP contribution in [-0.4, -0.2) is 0 Å². The Morgan fingerprint density at radius 3 is 2.29 bits per heavy atom. The molecule has 0 bridgehead atoms. The molecule has 0 atom stereocenters. The molecule has 21 heavy (non-hydrogen) atoms.